The zero-order valence-corrected chi connectivity index (χ0v) is 12.1. The van der Waals surface area contributed by atoms with Gasteiger partial charge in [0.15, 0.2) is 0 Å². The van der Waals surface area contributed by atoms with E-state index < -0.39 is 0 Å². The molecule has 0 aliphatic carbocycles. The van der Waals surface area contributed by atoms with Crippen molar-refractivity contribution in [2.75, 3.05) is 11.4 Å². The average Bonchev–Trinajstić information content (AvgIpc) is 2.51. The third-order valence-electron chi connectivity index (χ3n) is 3.40. The summed E-state index contributed by atoms with van der Waals surface area (Å²) < 4.78 is 13.6. The standard InChI is InChI=1S/C17H19FN2O/c1-2-20(15-9-7-13(12-19)8-10-15)17(21)11-14-5-3-4-6-16(14)18/h3-10H,2,11-12,19H2,1H3. The summed E-state index contributed by atoms with van der Waals surface area (Å²) in [5, 5.41) is 0. The maximum absolute atomic E-state index is 13.6. The second kappa shape index (κ2) is 6.99. The van der Waals surface area contributed by atoms with Crippen LogP contribution in [0.2, 0.25) is 0 Å². The lowest BCUT2D eigenvalue weighted by molar-refractivity contribution is -0.118. The van der Waals surface area contributed by atoms with Gasteiger partial charge in [0, 0.05) is 18.8 Å². The predicted molar refractivity (Wildman–Crippen MR) is 82.5 cm³/mol. The number of nitrogens with two attached hydrogens (primary N) is 1. The van der Waals surface area contributed by atoms with Gasteiger partial charge in [-0.25, -0.2) is 4.39 Å². The van der Waals surface area contributed by atoms with Crippen molar-refractivity contribution in [3.05, 3.63) is 65.5 Å². The van der Waals surface area contributed by atoms with Crippen molar-refractivity contribution in [3.8, 4) is 0 Å². The van der Waals surface area contributed by atoms with Crippen LogP contribution in [0, 0.1) is 5.82 Å². The number of likely N-dealkylation sites (N-methyl/N-ethyl adjacent to an activating group) is 1. The topological polar surface area (TPSA) is 46.3 Å². The molecule has 0 fully saturated rings. The molecule has 0 saturated heterocycles. The molecule has 2 aromatic rings. The van der Waals surface area contributed by atoms with Crippen LogP contribution >= 0.6 is 0 Å². The number of benzene rings is 2. The van der Waals surface area contributed by atoms with E-state index in [0.29, 0.717) is 18.7 Å². The zero-order chi connectivity index (χ0) is 15.2. The third kappa shape index (κ3) is 3.67. The van der Waals surface area contributed by atoms with Crippen LogP contribution in [0.4, 0.5) is 10.1 Å². The fourth-order valence-electron chi connectivity index (χ4n) is 2.22. The Labute approximate surface area is 124 Å². The number of hydrogen-bond acceptors (Lipinski definition) is 2. The minimum Gasteiger partial charge on any atom is -0.326 e. The van der Waals surface area contributed by atoms with Crippen LogP contribution in [0.15, 0.2) is 48.5 Å². The molecule has 21 heavy (non-hydrogen) atoms. The molecule has 0 heterocycles. The summed E-state index contributed by atoms with van der Waals surface area (Å²) >= 11 is 0. The zero-order valence-electron chi connectivity index (χ0n) is 12.1. The van der Waals surface area contributed by atoms with Gasteiger partial charge in [0.1, 0.15) is 5.82 Å². The number of nitrogens with zero attached hydrogens (tertiary/aromatic N) is 1. The van der Waals surface area contributed by atoms with Gasteiger partial charge in [-0.2, -0.15) is 0 Å². The minimum atomic E-state index is -0.347. The molecule has 0 atom stereocenters. The van der Waals surface area contributed by atoms with E-state index in [0.717, 1.165) is 11.3 Å². The predicted octanol–water partition coefficient (Wildman–Crippen LogP) is 2.88. The highest BCUT2D eigenvalue weighted by Crippen LogP contribution is 2.17. The van der Waals surface area contributed by atoms with Crippen molar-refractivity contribution in [1.29, 1.82) is 0 Å². The van der Waals surface area contributed by atoms with Gasteiger partial charge in [0.05, 0.1) is 6.42 Å². The molecule has 0 saturated carbocycles. The second-order valence-electron chi connectivity index (χ2n) is 4.78. The van der Waals surface area contributed by atoms with E-state index in [1.807, 2.05) is 31.2 Å². The first kappa shape index (κ1) is 15.2. The molecule has 0 spiro atoms. The van der Waals surface area contributed by atoms with Gasteiger partial charge in [0.25, 0.3) is 0 Å². The van der Waals surface area contributed by atoms with E-state index in [-0.39, 0.29) is 18.1 Å². The Balaban J connectivity index is 2.16. The summed E-state index contributed by atoms with van der Waals surface area (Å²) in [6, 6.07) is 13.9. The Bertz CT molecular complexity index is 610. The molecule has 0 aromatic heterocycles. The first-order chi connectivity index (χ1) is 10.2. The molecule has 0 aliphatic heterocycles. The largest absolute Gasteiger partial charge is 0.326 e. The van der Waals surface area contributed by atoms with Crippen molar-refractivity contribution < 1.29 is 9.18 Å². The maximum Gasteiger partial charge on any atom is 0.231 e. The first-order valence-electron chi connectivity index (χ1n) is 6.98. The number of amides is 1. The summed E-state index contributed by atoms with van der Waals surface area (Å²) in [5.74, 6) is -0.469. The molecule has 2 rings (SSSR count). The molecular formula is C17H19FN2O. The molecule has 1 amide bonds. The molecule has 0 bridgehead atoms. The van der Waals surface area contributed by atoms with Gasteiger partial charge in [-0.3, -0.25) is 4.79 Å². The Hall–Kier alpha value is -2.20. The summed E-state index contributed by atoms with van der Waals surface area (Å²) in [5.41, 5.74) is 7.79. The van der Waals surface area contributed by atoms with Gasteiger partial charge in [0.2, 0.25) is 5.91 Å². The third-order valence-corrected chi connectivity index (χ3v) is 3.40. The highest BCUT2D eigenvalue weighted by atomic mass is 19.1. The second-order valence-corrected chi connectivity index (χ2v) is 4.78. The van der Waals surface area contributed by atoms with Crippen LogP contribution < -0.4 is 10.6 Å². The van der Waals surface area contributed by atoms with Crippen LogP contribution in [-0.2, 0) is 17.8 Å². The fourth-order valence-corrected chi connectivity index (χ4v) is 2.22. The van der Waals surface area contributed by atoms with E-state index in [4.69, 9.17) is 5.73 Å². The molecule has 0 radical (unpaired) electrons. The Kier molecular flexibility index (Phi) is 5.06. The van der Waals surface area contributed by atoms with Crippen molar-refractivity contribution in [2.24, 2.45) is 5.73 Å². The number of hydrogen-bond donors (Lipinski definition) is 1. The number of anilines is 1. The number of halogens is 1. The summed E-state index contributed by atoms with van der Waals surface area (Å²) in [6.45, 7) is 2.90. The highest BCUT2D eigenvalue weighted by molar-refractivity contribution is 5.94. The molecule has 0 aliphatic rings. The Morgan fingerprint density at radius 3 is 2.38 bits per heavy atom. The van der Waals surface area contributed by atoms with E-state index in [2.05, 4.69) is 0 Å². The minimum absolute atomic E-state index is 0.0547. The van der Waals surface area contributed by atoms with E-state index in [1.165, 1.54) is 6.07 Å². The lowest BCUT2D eigenvalue weighted by Crippen LogP contribution is -2.32. The van der Waals surface area contributed by atoms with Crippen LogP contribution in [0.5, 0.6) is 0 Å². The lowest BCUT2D eigenvalue weighted by atomic mass is 10.1. The quantitative estimate of drug-likeness (QED) is 0.918. The number of carbonyl (C=O) groups is 1. The van der Waals surface area contributed by atoms with E-state index in [9.17, 15) is 9.18 Å². The highest BCUT2D eigenvalue weighted by Gasteiger charge is 2.16. The monoisotopic (exact) mass is 286 g/mol. The fraction of sp³-hybridized carbons (Fsp3) is 0.235. The average molecular weight is 286 g/mol. The van der Waals surface area contributed by atoms with Crippen molar-refractivity contribution >= 4 is 11.6 Å². The van der Waals surface area contributed by atoms with Gasteiger partial charge in [-0.05, 0) is 36.2 Å². The molecule has 110 valence electrons. The summed E-state index contributed by atoms with van der Waals surface area (Å²) in [6.07, 6.45) is 0.0547. The van der Waals surface area contributed by atoms with Crippen LogP contribution in [0.25, 0.3) is 0 Å². The molecular weight excluding hydrogens is 267 g/mol. The summed E-state index contributed by atoms with van der Waals surface area (Å²) in [4.78, 5) is 14.0. The lowest BCUT2D eigenvalue weighted by Gasteiger charge is -2.21. The SMILES string of the molecule is CCN(C(=O)Cc1ccccc1F)c1ccc(CN)cc1. The maximum atomic E-state index is 13.6. The van der Waals surface area contributed by atoms with Crippen LogP contribution in [-0.4, -0.2) is 12.5 Å². The van der Waals surface area contributed by atoms with Crippen LogP contribution in [0.3, 0.4) is 0 Å². The summed E-state index contributed by atoms with van der Waals surface area (Å²) in [7, 11) is 0. The number of carbonyl (C=O) groups excluding carboxylic acids is 1. The van der Waals surface area contributed by atoms with Crippen molar-refractivity contribution in [1.82, 2.24) is 0 Å². The molecule has 0 unspecified atom stereocenters. The van der Waals surface area contributed by atoms with Gasteiger partial charge in [-0.1, -0.05) is 30.3 Å². The van der Waals surface area contributed by atoms with Crippen LogP contribution in [0.1, 0.15) is 18.1 Å². The first-order valence-corrected chi connectivity index (χ1v) is 6.98. The van der Waals surface area contributed by atoms with Crippen molar-refractivity contribution in [2.45, 2.75) is 19.9 Å². The van der Waals surface area contributed by atoms with Gasteiger partial charge in [-0.15, -0.1) is 0 Å². The normalized spacial score (nSPS) is 10.4. The van der Waals surface area contributed by atoms with E-state index >= 15 is 0 Å². The molecule has 2 aromatic carbocycles. The molecule has 2 N–H and O–H groups in total. The number of rotatable bonds is 5. The van der Waals surface area contributed by atoms with Crippen molar-refractivity contribution in [3.63, 3.8) is 0 Å². The van der Waals surface area contributed by atoms with E-state index in [1.54, 1.807) is 23.1 Å². The Morgan fingerprint density at radius 2 is 1.81 bits per heavy atom. The Morgan fingerprint density at radius 1 is 1.14 bits per heavy atom. The van der Waals surface area contributed by atoms with Gasteiger partial charge < -0.3 is 10.6 Å². The molecule has 3 nitrogen and oxygen atoms in total. The smallest absolute Gasteiger partial charge is 0.231 e. The van der Waals surface area contributed by atoms with Gasteiger partial charge >= 0.3 is 0 Å². The molecule has 4 heteroatoms.